The zero-order valence-corrected chi connectivity index (χ0v) is 6.55. The number of carbonyl (C=O) groups is 1. The number of nitrogens with two attached hydrogens (primary N) is 1. The summed E-state index contributed by atoms with van der Waals surface area (Å²) < 4.78 is 4.48. The Bertz CT molecular complexity index is 114. The molecule has 0 spiro atoms. The third-order valence-electron chi connectivity index (χ3n) is 1.30. The second kappa shape index (κ2) is 4.24. The van der Waals surface area contributed by atoms with Crippen molar-refractivity contribution < 1.29 is 9.53 Å². The summed E-state index contributed by atoms with van der Waals surface area (Å²) >= 11 is 0. The van der Waals surface area contributed by atoms with Crippen molar-refractivity contribution in [1.82, 2.24) is 5.43 Å². The Balaban J connectivity index is 3.93. The van der Waals surface area contributed by atoms with E-state index in [1.165, 1.54) is 7.11 Å². The molecule has 0 saturated heterocycles. The molecule has 0 heterocycles. The highest BCUT2D eigenvalue weighted by atomic mass is 16.5. The molecule has 60 valence electrons. The monoisotopic (exact) mass is 146 g/mol. The molecule has 0 aromatic rings. The molecule has 1 atom stereocenters. The minimum absolute atomic E-state index is 0.150. The second-order valence-electron chi connectivity index (χ2n) is 2.41. The first-order chi connectivity index (χ1) is 4.63. The fourth-order valence-corrected chi connectivity index (χ4v) is 0.660. The molecule has 0 aliphatic rings. The van der Waals surface area contributed by atoms with Gasteiger partial charge in [0.1, 0.15) is 6.04 Å². The molecule has 4 heteroatoms. The minimum atomic E-state index is -0.398. The largest absolute Gasteiger partial charge is 0.468 e. The van der Waals surface area contributed by atoms with Crippen molar-refractivity contribution in [3.05, 3.63) is 0 Å². The average molecular weight is 146 g/mol. The summed E-state index contributed by atoms with van der Waals surface area (Å²) in [6, 6.07) is -0.398. The van der Waals surface area contributed by atoms with Crippen LogP contribution in [0.1, 0.15) is 13.8 Å². The number of carbonyl (C=O) groups excluding carboxylic acids is 1. The molecule has 0 aliphatic carbocycles. The Hall–Kier alpha value is -0.610. The van der Waals surface area contributed by atoms with Crippen molar-refractivity contribution in [3.8, 4) is 0 Å². The lowest BCUT2D eigenvalue weighted by atomic mass is 10.1. The van der Waals surface area contributed by atoms with Gasteiger partial charge in [-0.15, -0.1) is 0 Å². The first kappa shape index (κ1) is 9.39. The molecule has 4 nitrogen and oxygen atoms in total. The maximum absolute atomic E-state index is 10.8. The fraction of sp³-hybridized carbons (Fsp3) is 0.833. The topological polar surface area (TPSA) is 64.3 Å². The van der Waals surface area contributed by atoms with Crippen LogP contribution in [-0.2, 0) is 9.53 Å². The Morgan fingerprint density at radius 3 is 2.20 bits per heavy atom. The van der Waals surface area contributed by atoms with Gasteiger partial charge in [0.05, 0.1) is 7.11 Å². The number of hydrazine groups is 1. The Labute approximate surface area is 60.7 Å². The summed E-state index contributed by atoms with van der Waals surface area (Å²) in [7, 11) is 1.34. The van der Waals surface area contributed by atoms with Crippen LogP contribution in [0, 0.1) is 5.92 Å². The molecule has 0 amide bonds. The quantitative estimate of drug-likeness (QED) is 0.324. The van der Waals surface area contributed by atoms with Gasteiger partial charge >= 0.3 is 5.97 Å². The van der Waals surface area contributed by atoms with Gasteiger partial charge in [-0.1, -0.05) is 13.8 Å². The standard InChI is InChI=1S/C6H14N2O2/c1-4(2)5(8-7)6(9)10-3/h4-5,8H,7H2,1-3H3/t5-/m0/s1. The van der Waals surface area contributed by atoms with Crippen molar-refractivity contribution in [2.75, 3.05) is 7.11 Å². The maximum atomic E-state index is 10.8. The van der Waals surface area contributed by atoms with Gasteiger partial charge < -0.3 is 4.74 Å². The lowest BCUT2D eigenvalue weighted by Gasteiger charge is -2.16. The summed E-state index contributed by atoms with van der Waals surface area (Å²) in [5.74, 6) is 4.93. The number of nitrogens with one attached hydrogen (secondary N) is 1. The van der Waals surface area contributed by atoms with Gasteiger partial charge in [0.25, 0.3) is 0 Å². The molecule has 0 fully saturated rings. The SMILES string of the molecule is COC(=O)[C@@H](NN)C(C)C. The van der Waals surface area contributed by atoms with Gasteiger partial charge in [-0.2, -0.15) is 0 Å². The van der Waals surface area contributed by atoms with Crippen LogP contribution in [0.15, 0.2) is 0 Å². The number of methoxy groups -OCH3 is 1. The lowest BCUT2D eigenvalue weighted by Crippen LogP contribution is -2.45. The Morgan fingerprint density at radius 1 is 1.60 bits per heavy atom. The molecule has 0 aromatic heterocycles. The molecule has 0 unspecified atom stereocenters. The van der Waals surface area contributed by atoms with Gasteiger partial charge in [-0.25, -0.2) is 5.43 Å². The van der Waals surface area contributed by atoms with Gasteiger partial charge in [-0.05, 0) is 5.92 Å². The van der Waals surface area contributed by atoms with Crippen LogP contribution < -0.4 is 11.3 Å². The summed E-state index contributed by atoms with van der Waals surface area (Å²) in [6.45, 7) is 3.78. The van der Waals surface area contributed by atoms with E-state index < -0.39 is 6.04 Å². The molecule has 0 radical (unpaired) electrons. The molecular formula is C6H14N2O2. The second-order valence-corrected chi connectivity index (χ2v) is 2.41. The molecule has 0 saturated carbocycles. The van der Waals surface area contributed by atoms with Crippen LogP contribution in [-0.4, -0.2) is 19.1 Å². The molecule has 0 rings (SSSR count). The smallest absolute Gasteiger partial charge is 0.324 e. The Kier molecular flexibility index (Phi) is 3.99. The van der Waals surface area contributed by atoms with Crippen molar-refractivity contribution in [3.63, 3.8) is 0 Å². The normalized spacial score (nSPS) is 13.3. The predicted molar refractivity (Wildman–Crippen MR) is 38.0 cm³/mol. The highest BCUT2D eigenvalue weighted by Crippen LogP contribution is 2.00. The Morgan fingerprint density at radius 2 is 2.10 bits per heavy atom. The molecular weight excluding hydrogens is 132 g/mol. The minimum Gasteiger partial charge on any atom is -0.468 e. The van der Waals surface area contributed by atoms with Crippen LogP contribution in [0.25, 0.3) is 0 Å². The van der Waals surface area contributed by atoms with E-state index in [4.69, 9.17) is 5.84 Å². The first-order valence-corrected chi connectivity index (χ1v) is 3.17. The highest BCUT2D eigenvalue weighted by Gasteiger charge is 2.20. The summed E-state index contributed by atoms with van der Waals surface area (Å²) in [5, 5.41) is 0. The van der Waals surface area contributed by atoms with E-state index in [-0.39, 0.29) is 11.9 Å². The summed E-state index contributed by atoms with van der Waals surface area (Å²) in [5.41, 5.74) is 2.38. The zero-order chi connectivity index (χ0) is 8.15. The van der Waals surface area contributed by atoms with Crippen molar-refractivity contribution >= 4 is 5.97 Å². The molecule has 3 N–H and O–H groups in total. The van der Waals surface area contributed by atoms with Crippen LogP contribution in [0.4, 0.5) is 0 Å². The number of rotatable bonds is 3. The number of hydrogen-bond acceptors (Lipinski definition) is 4. The van der Waals surface area contributed by atoms with Gasteiger partial charge in [0.15, 0.2) is 0 Å². The van der Waals surface area contributed by atoms with Crippen LogP contribution in [0.2, 0.25) is 0 Å². The lowest BCUT2D eigenvalue weighted by molar-refractivity contribution is -0.144. The third-order valence-corrected chi connectivity index (χ3v) is 1.30. The van der Waals surface area contributed by atoms with Crippen molar-refractivity contribution in [2.45, 2.75) is 19.9 Å². The van der Waals surface area contributed by atoms with Gasteiger partial charge in [0, 0.05) is 0 Å². The zero-order valence-electron chi connectivity index (χ0n) is 6.55. The van der Waals surface area contributed by atoms with E-state index in [1.807, 2.05) is 13.8 Å². The van der Waals surface area contributed by atoms with Crippen molar-refractivity contribution in [1.29, 1.82) is 0 Å². The molecule has 0 bridgehead atoms. The van der Waals surface area contributed by atoms with Gasteiger partial charge in [-0.3, -0.25) is 10.6 Å². The van der Waals surface area contributed by atoms with Crippen LogP contribution >= 0.6 is 0 Å². The summed E-state index contributed by atoms with van der Waals surface area (Å²) in [4.78, 5) is 10.8. The number of ether oxygens (including phenoxy) is 1. The van der Waals surface area contributed by atoms with Crippen LogP contribution in [0.5, 0.6) is 0 Å². The van der Waals surface area contributed by atoms with Gasteiger partial charge in [0.2, 0.25) is 0 Å². The van der Waals surface area contributed by atoms with E-state index >= 15 is 0 Å². The highest BCUT2D eigenvalue weighted by molar-refractivity contribution is 5.75. The van der Waals surface area contributed by atoms with Crippen LogP contribution in [0.3, 0.4) is 0 Å². The molecule has 0 aromatic carbocycles. The van der Waals surface area contributed by atoms with E-state index in [0.29, 0.717) is 0 Å². The van der Waals surface area contributed by atoms with E-state index in [0.717, 1.165) is 0 Å². The number of esters is 1. The average Bonchev–Trinajstić information content (AvgIpc) is 1.88. The maximum Gasteiger partial charge on any atom is 0.324 e. The van der Waals surface area contributed by atoms with E-state index in [1.54, 1.807) is 0 Å². The summed E-state index contributed by atoms with van der Waals surface area (Å²) in [6.07, 6.45) is 0. The first-order valence-electron chi connectivity index (χ1n) is 3.17. The van der Waals surface area contributed by atoms with E-state index in [9.17, 15) is 4.79 Å². The third kappa shape index (κ3) is 2.33. The molecule has 10 heavy (non-hydrogen) atoms. The van der Waals surface area contributed by atoms with Crippen molar-refractivity contribution in [2.24, 2.45) is 11.8 Å². The number of hydrogen-bond donors (Lipinski definition) is 2. The fourth-order valence-electron chi connectivity index (χ4n) is 0.660. The predicted octanol–water partition coefficient (Wildman–Crippen LogP) is -0.353. The van der Waals surface area contributed by atoms with E-state index in [2.05, 4.69) is 10.2 Å². The molecule has 0 aliphatic heterocycles.